The van der Waals surface area contributed by atoms with E-state index in [0.29, 0.717) is 11.3 Å². The van der Waals surface area contributed by atoms with Crippen LogP contribution < -0.4 is 16.2 Å². The number of hydrazine groups is 1. The van der Waals surface area contributed by atoms with Crippen LogP contribution in [0.3, 0.4) is 0 Å². The van der Waals surface area contributed by atoms with Gasteiger partial charge in [0.1, 0.15) is 12.1 Å². The molecule has 0 aliphatic carbocycles. The van der Waals surface area contributed by atoms with Gasteiger partial charge in [0.15, 0.2) is 0 Å². The molecule has 0 saturated carbocycles. The first kappa shape index (κ1) is 22.1. The Morgan fingerprint density at radius 3 is 2.28 bits per heavy atom. The van der Waals surface area contributed by atoms with Gasteiger partial charge in [0.2, 0.25) is 11.6 Å². The summed E-state index contributed by atoms with van der Waals surface area (Å²) in [7, 11) is 0. The molecule has 32 heavy (non-hydrogen) atoms. The van der Waals surface area contributed by atoms with Gasteiger partial charge in [-0.1, -0.05) is 0 Å². The quantitative estimate of drug-likeness (QED) is 0.273. The van der Waals surface area contributed by atoms with Gasteiger partial charge in [0.25, 0.3) is 5.91 Å². The summed E-state index contributed by atoms with van der Waals surface area (Å²) in [6.07, 6.45) is 1.06. The minimum absolute atomic E-state index is 0.135. The normalized spacial score (nSPS) is 10.2. The molecular weight excluding hydrogens is 423 g/mol. The number of anilines is 3. The monoisotopic (exact) mass is 440 g/mol. The van der Waals surface area contributed by atoms with Gasteiger partial charge in [-0.25, -0.2) is 19.2 Å². The maximum Gasteiger partial charge on any atom is 0.355 e. The Morgan fingerprint density at radius 2 is 1.66 bits per heavy atom. The van der Waals surface area contributed by atoms with Crippen molar-refractivity contribution in [2.75, 3.05) is 17.3 Å². The van der Waals surface area contributed by atoms with Crippen molar-refractivity contribution in [1.29, 1.82) is 0 Å². The van der Waals surface area contributed by atoms with Crippen LogP contribution in [0.2, 0.25) is 0 Å². The molecule has 0 spiro atoms. The highest BCUT2D eigenvalue weighted by Gasteiger charge is 2.24. The predicted octanol–water partition coefficient (Wildman–Crippen LogP) is 3.20. The minimum atomic E-state index is -0.721. The number of nitrogens with zero attached hydrogens (tertiary/aromatic N) is 3. The molecule has 164 valence electrons. The molecule has 0 radical (unpaired) electrons. The van der Waals surface area contributed by atoms with Crippen LogP contribution in [0.5, 0.6) is 0 Å². The lowest BCUT2D eigenvalue weighted by Gasteiger charge is -2.11. The molecule has 0 fully saturated rings. The van der Waals surface area contributed by atoms with Crippen LogP contribution in [0.1, 0.15) is 27.6 Å². The number of nitro groups is 1. The van der Waals surface area contributed by atoms with Gasteiger partial charge in [0, 0.05) is 11.3 Å². The number of rotatable bonds is 8. The third kappa shape index (κ3) is 5.30. The number of hydrogen-bond donors (Lipinski definition) is 3. The van der Waals surface area contributed by atoms with Gasteiger partial charge in [-0.15, -0.1) is 0 Å². The predicted molar refractivity (Wildman–Crippen MR) is 112 cm³/mol. The molecule has 0 aliphatic rings. The fourth-order valence-electron chi connectivity index (χ4n) is 2.56. The van der Waals surface area contributed by atoms with Crippen LogP contribution in [0.4, 0.5) is 27.4 Å². The van der Waals surface area contributed by atoms with Crippen molar-refractivity contribution in [2.45, 2.75) is 6.92 Å². The van der Waals surface area contributed by atoms with Crippen molar-refractivity contribution in [1.82, 2.24) is 15.4 Å². The van der Waals surface area contributed by atoms with Crippen LogP contribution in [0.25, 0.3) is 0 Å². The summed E-state index contributed by atoms with van der Waals surface area (Å²) in [4.78, 5) is 42.5. The first-order valence-electron chi connectivity index (χ1n) is 9.24. The van der Waals surface area contributed by atoms with Gasteiger partial charge in [-0.2, -0.15) is 0 Å². The van der Waals surface area contributed by atoms with Gasteiger partial charge < -0.3 is 10.1 Å². The summed E-state index contributed by atoms with van der Waals surface area (Å²) in [6, 6.07) is 10.8. The van der Waals surface area contributed by atoms with Crippen LogP contribution in [-0.2, 0) is 4.74 Å². The molecule has 1 amide bonds. The average molecular weight is 440 g/mol. The molecule has 2 aromatic carbocycles. The van der Waals surface area contributed by atoms with Crippen molar-refractivity contribution in [3.05, 3.63) is 81.9 Å². The number of aromatic nitrogens is 2. The maximum atomic E-state index is 13.0. The zero-order valence-corrected chi connectivity index (χ0v) is 16.7. The lowest BCUT2D eigenvalue weighted by molar-refractivity contribution is -0.383. The van der Waals surface area contributed by atoms with Crippen molar-refractivity contribution < 1.29 is 23.6 Å². The Kier molecular flexibility index (Phi) is 6.85. The minimum Gasteiger partial charge on any atom is -0.462 e. The molecule has 11 nitrogen and oxygen atoms in total. The van der Waals surface area contributed by atoms with Crippen molar-refractivity contribution >= 4 is 34.9 Å². The van der Waals surface area contributed by atoms with E-state index in [0.717, 1.165) is 18.5 Å². The topological polar surface area (TPSA) is 148 Å². The lowest BCUT2D eigenvalue weighted by Crippen LogP contribution is -2.30. The molecule has 12 heteroatoms. The van der Waals surface area contributed by atoms with Gasteiger partial charge in [-0.3, -0.25) is 25.8 Å². The summed E-state index contributed by atoms with van der Waals surface area (Å²) in [5.74, 6) is -2.07. The highest BCUT2D eigenvalue weighted by molar-refractivity contribution is 5.95. The molecule has 0 aliphatic heterocycles. The summed E-state index contributed by atoms with van der Waals surface area (Å²) >= 11 is 0. The van der Waals surface area contributed by atoms with E-state index < -0.39 is 28.3 Å². The maximum absolute atomic E-state index is 13.0. The molecule has 1 heterocycles. The second-order valence-corrected chi connectivity index (χ2v) is 6.19. The Hall–Kier alpha value is -4.61. The molecular formula is C20H17FN6O5. The number of carbonyl (C=O) groups excluding carboxylic acids is 2. The summed E-state index contributed by atoms with van der Waals surface area (Å²) < 4.78 is 17.9. The molecule has 0 unspecified atom stereocenters. The first-order chi connectivity index (χ1) is 15.4. The number of carbonyl (C=O) groups is 2. The average Bonchev–Trinajstić information content (AvgIpc) is 2.78. The molecule has 3 aromatic rings. The highest BCUT2D eigenvalue weighted by Crippen LogP contribution is 2.30. The summed E-state index contributed by atoms with van der Waals surface area (Å²) in [6.45, 7) is 1.93. The van der Waals surface area contributed by atoms with Gasteiger partial charge in [0.05, 0.1) is 17.1 Å². The number of halogens is 1. The number of hydrogen-bond acceptors (Lipinski definition) is 9. The fraction of sp³-hybridized carbons (Fsp3) is 0.100. The number of amides is 1. The fourth-order valence-corrected chi connectivity index (χ4v) is 2.56. The van der Waals surface area contributed by atoms with E-state index >= 15 is 0 Å². The molecule has 0 saturated heterocycles. The number of esters is 1. The van der Waals surface area contributed by atoms with E-state index in [1.54, 1.807) is 6.92 Å². The van der Waals surface area contributed by atoms with E-state index in [9.17, 15) is 24.1 Å². The lowest BCUT2D eigenvalue weighted by atomic mass is 10.2. The Labute approximate surface area is 180 Å². The standard InChI is InChI=1S/C20H17FN6O5/c1-2-32-20(29)13-5-9-15(10-6-13)24-17-16(27(30)31)18(23-11-22-17)25-26-19(28)12-3-7-14(21)8-4-12/h3-11H,2H2,1H3,(H,26,28)(H2,22,23,24,25). The zero-order valence-electron chi connectivity index (χ0n) is 16.7. The van der Waals surface area contributed by atoms with Crippen LogP contribution in [0, 0.1) is 15.9 Å². The van der Waals surface area contributed by atoms with E-state index in [2.05, 4.69) is 26.1 Å². The van der Waals surface area contributed by atoms with E-state index in [1.165, 1.54) is 36.4 Å². The Bertz CT molecular complexity index is 1140. The summed E-state index contributed by atoms with van der Waals surface area (Å²) in [5.41, 5.74) is 5.00. The SMILES string of the molecule is CCOC(=O)c1ccc(Nc2ncnc(NNC(=O)c3ccc(F)cc3)c2[N+](=O)[O-])cc1. The molecule has 0 bridgehead atoms. The van der Waals surface area contributed by atoms with Crippen LogP contribution in [0.15, 0.2) is 54.9 Å². The van der Waals surface area contributed by atoms with E-state index in [1.807, 2.05) is 0 Å². The van der Waals surface area contributed by atoms with Gasteiger partial charge in [-0.05, 0) is 55.5 Å². The number of ether oxygens (including phenoxy) is 1. The Morgan fingerprint density at radius 1 is 1.03 bits per heavy atom. The number of nitrogens with one attached hydrogen (secondary N) is 3. The zero-order chi connectivity index (χ0) is 23.1. The molecule has 3 N–H and O–H groups in total. The molecule has 0 atom stereocenters. The van der Waals surface area contributed by atoms with E-state index in [4.69, 9.17) is 4.74 Å². The van der Waals surface area contributed by atoms with Crippen molar-refractivity contribution in [2.24, 2.45) is 0 Å². The largest absolute Gasteiger partial charge is 0.462 e. The van der Waals surface area contributed by atoms with Crippen LogP contribution in [-0.4, -0.2) is 33.4 Å². The van der Waals surface area contributed by atoms with E-state index in [-0.39, 0.29) is 23.8 Å². The second-order valence-electron chi connectivity index (χ2n) is 6.19. The molecule has 3 rings (SSSR count). The Balaban J connectivity index is 1.77. The van der Waals surface area contributed by atoms with Gasteiger partial charge >= 0.3 is 11.7 Å². The molecule has 1 aromatic heterocycles. The van der Waals surface area contributed by atoms with Crippen molar-refractivity contribution in [3.63, 3.8) is 0 Å². The highest BCUT2D eigenvalue weighted by atomic mass is 19.1. The smallest absolute Gasteiger partial charge is 0.355 e. The summed E-state index contributed by atoms with van der Waals surface area (Å²) in [5, 5.41) is 14.4. The number of benzene rings is 2. The van der Waals surface area contributed by atoms with Crippen LogP contribution >= 0.6 is 0 Å². The van der Waals surface area contributed by atoms with Crippen molar-refractivity contribution in [3.8, 4) is 0 Å². The second kappa shape index (κ2) is 9.93. The first-order valence-corrected chi connectivity index (χ1v) is 9.24. The third-order valence-electron chi connectivity index (χ3n) is 4.06. The third-order valence-corrected chi connectivity index (χ3v) is 4.06.